The average Bonchev–Trinajstić information content (AvgIpc) is 2.67. The maximum atomic E-state index is 14.0. The van der Waals surface area contributed by atoms with Gasteiger partial charge in [-0.25, -0.2) is 23.5 Å². The number of rotatable bonds is 5. The van der Waals surface area contributed by atoms with Crippen LogP contribution in [0.2, 0.25) is 0 Å². The molecule has 0 saturated carbocycles. The number of nitrogens with one attached hydrogen (secondary N) is 1. The molecule has 1 amide bonds. The lowest BCUT2D eigenvalue weighted by Crippen LogP contribution is -2.40. The molecule has 0 unspecified atom stereocenters. The van der Waals surface area contributed by atoms with Crippen molar-refractivity contribution in [1.82, 2.24) is 14.9 Å². The van der Waals surface area contributed by atoms with Gasteiger partial charge in [0.2, 0.25) is 0 Å². The average molecular weight is 456 g/mol. The van der Waals surface area contributed by atoms with Crippen LogP contribution in [0.1, 0.15) is 12.8 Å². The molecule has 2 aromatic rings. The first-order chi connectivity index (χ1) is 13.3. The van der Waals surface area contributed by atoms with Gasteiger partial charge in [-0.05, 0) is 40.8 Å². The van der Waals surface area contributed by atoms with Gasteiger partial charge in [0.05, 0.1) is 10.2 Å². The van der Waals surface area contributed by atoms with Crippen molar-refractivity contribution < 1.29 is 18.7 Å². The fraction of sp³-hybridized carbons (Fsp3) is 0.389. The molecule has 3 rings (SSSR count). The standard InChI is InChI=1S/C18H20BrF2N5O2/c1-25(9-11-2-4-26(5-3-11)18(27)28)17-8-16(22-10-23-17)24-15-7-13(20)12(19)6-14(15)21/h6-8,10-11H,2-5,9H2,1H3,(H,27,28)(H,22,23,24). The van der Waals surface area contributed by atoms with Crippen molar-refractivity contribution in [2.24, 2.45) is 5.92 Å². The van der Waals surface area contributed by atoms with Crippen molar-refractivity contribution in [2.75, 3.05) is 36.9 Å². The second-order valence-electron chi connectivity index (χ2n) is 6.73. The van der Waals surface area contributed by atoms with Gasteiger partial charge >= 0.3 is 6.09 Å². The third-order valence-corrected chi connectivity index (χ3v) is 5.34. The Balaban J connectivity index is 1.64. The number of hydrogen-bond donors (Lipinski definition) is 2. The maximum Gasteiger partial charge on any atom is 0.407 e. The molecule has 28 heavy (non-hydrogen) atoms. The molecule has 1 aliphatic heterocycles. The molecule has 0 radical (unpaired) electrons. The summed E-state index contributed by atoms with van der Waals surface area (Å²) in [6.07, 6.45) is 2.05. The Labute approximate surface area is 169 Å². The lowest BCUT2D eigenvalue weighted by molar-refractivity contribution is 0.125. The molecule has 1 aliphatic rings. The summed E-state index contributed by atoms with van der Waals surface area (Å²) in [5.41, 5.74) is -0.0194. The molecule has 1 fully saturated rings. The lowest BCUT2D eigenvalue weighted by Gasteiger charge is -2.32. The summed E-state index contributed by atoms with van der Waals surface area (Å²) in [6.45, 7) is 1.77. The normalized spacial score (nSPS) is 14.8. The van der Waals surface area contributed by atoms with E-state index in [1.165, 1.54) is 11.2 Å². The van der Waals surface area contributed by atoms with E-state index >= 15 is 0 Å². The van der Waals surface area contributed by atoms with Crippen LogP contribution >= 0.6 is 15.9 Å². The SMILES string of the molecule is CN(CC1CCN(C(=O)O)CC1)c1cc(Nc2cc(F)c(Br)cc2F)ncn1. The summed E-state index contributed by atoms with van der Waals surface area (Å²) in [5, 5.41) is 11.8. The molecule has 0 atom stereocenters. The van der Waals surface area contributed by atoms with Crippen LogP contribution in [0.3, 0.4) is 0 Å². The molecule has 150 valence electrons. The predicted molar refractivity (Wildman–Crippen MR) is 105 cm³/mol. The zero-order valence-electron chi connectivity index (χ0n) is 15.2. The Morgan fingerprint density at radius 2 is 2.00 bits per heavy atom. The monoisotopic (exact) mass is 455 g/mol. The molecule has 1 saturated heterocycles. The summed E-state index contributed by atoms with van der Waals surface area (Å²) in [5.74, 6) is 0.147. The van der Waals surface area contributed by atoms with E-state index in [1.807, 2.05) is 11.9 Å². The topological polar surface area (TPSA) is 81.6 Å². The number of amides is 1. The number of piperidine rings is 1. The molecular weight excluding hydrogens is 436 g/mol. The molecule has 10 heteroatoms. The number of hydrogen-bond acceptors (Lipinski definition) is 5. The second-order valence-corrected chi connectivity index (χ2v) is 7.58. The van der Waals surface area contributed by atoms with E-state index in [-0.39, 0.29) is 10.2 Å². The summed E-state index contributed by atoms with van der Waals surface area (Å²) >= 11 is 2.94. The first-order valence-corrected chi connectivity index (χ1v) is 9.55. The van der Waals surface area contributed by atoms with Crippen molar-refractivity contribution in [3.63, 3.8) is 0 Å². The van der Waals surface area contributed by atoms with Crippen molar-refractivity contribution in [3.05, 3.63) is 40.6 Å². The molecule has 2 heterocycles. The number of carboxylic acid groups (broad SMARTS) is 1. The number of halogens is 3. The third kappa shape index (κ3) is 4.86. The van der Waals surface area contributed by atoms with E-state index in [1.54, 1.807) is 6.07 Å². The second kappa shape index (κ2) is 8.68. The van der Waals surface area contributed by atoms with Crippen molar-refractivity contribution >= 4 is 39.3 Å². The van der Waals surface area contributed by atoms with Crippen LogP contribution in [0.15, 0.2) is 29.0 Å². The Kier molecular flexibility index (Phi) is 6.28. The van der Waals surface area contributed by atoms with Gasteiger partial charge in [0.15, 0.2) is 0 Å². The summed E-state index contributed by atoms with van der Waals surface area (Å²) in [7, 11) is 1.88. The number of benzene rings is 1. The minimum atomic E-state index is -0.880. The first-order valence-electron chi connectivity index (χ1n) is 8.76. The van der Waals surface area contributed by atoms with E-state index in [0.717, 1.165) is 25.0 Å². The molecule has 0 bridgehead atoms. The zero-order valence-corrected chi connectivity index (χ0v) is 16.8. The van der Waals surface area contributed by atoms with Crippen LogP contribution < -0.4 is 10.2 Å². The van der Waals surface area contributed by atoms with Crippen LogP contribution in [-0.4, -0.2) is 52.7 Å². The fourth-order valence-corrected chi connectivity index (χ4v) is 3.48. The Hall–Kier alpha value is -2.49. The van der Waals surface area contributed by atoms with Crippen LogP contribution in [0.5, 0.6) is 0 Å². The molecular formula is C18H20BrF2N5O2. The highest BCUT2D eigenvalue weighted by Gasteiger charge is 2.23. The molecule has 0 aliphatic carbocycles. The van der Waals surface area contributed by atoms with E-state index in [4.69, 9.17) is 5.11 Å². The Bertz CT molecular complexity index is 862. The van der Waals surface area contributed by atoms with E-state index in [2.05, 4.69) is 31.2 Å². The maximum absolute atomic E-state index is 14.0. The largest absolute Gasteiger partial charge is 0.465 e. The molecule has 1 aromatic heterocycles. The van der Waals surface area contributed by atoms with Crippen molar-refractivity contribution in [3.8, 4) is 0 Å². The third-order valence-electron chi connectivity index (χ3n) is 4.73. The molecule has 2 N–H and O–H groups in total. The highest BCUT2D eigenvalue weighted by atomic mass is 79.9. The van der Waals surface area contributed by atoms with Crippen molar-refractivity contribution in [2.45, 2.75) is 12.8 Å². The lowest BCUT2D eigenvalue weighted by atomic mass is 9.96. The number of likely N-dealkylation sites (tertiary alicyclic amines) is 1. The van der Waals surface area contributed by atoms with Gasteiger partial charge in [0.25, 0.3) is 0 Å². The van der Waals surface area contributed by atoms with Gasteiger partial charge in [-0.1, -0.05) is 0 Å². The smallest absolute Gasteiger partial charge is 0.407 e. The minimum absolute atomic E-state index is 0.0194. The van der Waals surface area contributed by atoms with Gasteiger partial charge in [0.1, 0.15) is 29.6 Å². The Morgan fingerprint density at radius 1 is 1.29 bits per heavy atom. The van der Waals surface area contributed by atoms with Gasteiger partial charge in [-0.15, -0.1) is 0 Å². The van der Waals surface area contributed by atoms with Gasteiger partial charge in [-0.3, -0.25) is 0 Å². The first kappa shape index (κ1) is 20.2. The van der Waals surface area contributed by atoms with Crippen molar-refractivity contribution in [1.29, 1.82) is 0 Å². The van der Waals surface area contributed by atoms with Crippen LogP contribution in [0, 0.1) is 17.6 Å². The summed E-state index contributed by atoms with van der Waals surface area (Å²) in [6, 6.07) is 3.77. The van der Waals surface area contributed by atoms with Crippen LogP contribution in [0.25, 0.3) is 0 Å². The van der Waals surface area contributed by atoms with Crippen LogP contribution in [-0.2, 0) is 0 Å². The fourth-order valence-electron chi connectivity index (χ4n) is 3.17. The zero-order chi connectivity index (χ0) is 20.3. The minimum Gasteiger partial charge on any atom is -0.465 e. The summed E-state index contributed by atoms with van der Waals surface area (Å²) < 4.78 is 27.7. The number of nitrogens with zero attached hydrogens (tertiary/aromatic N) is 4. The predicted octanol–water partition coefficient (Wildman–Crippen LogP) is 4.09. The number of aromatic nitrogens is 2. The van der Waals surface area contributed by atoms with Gasteiger partial charge in [0, 0.05) is 38.8 Å². The van der Waals surface area contributed by atoms with E-state index < -0.39 is 17.7 Å². The van der Waals surface area contributed by atoms with Gasteiger partial charge in [-0.2, -0.15) is 0 Å². The number of anilines is 3. The van der Waals surface area contributed by atoms with E-state index in [0.29, 0.717) is 37.2 Å². The Morgan fingerprint density at radius 3 is 2.68 bits per heavy atom. The molecule has 0 spiro atoms. The highest BCUT2D eigenvalue weighted by molar-refractivity contribution is 9.10. The van der Waals surface area contributed by atoms with Gasteiger partial charge < -0.3 is 20.2 Å². The molecule has 1 aromatic carbocycles. The molecule has 7 nitrogen and oxygen atoms in total. The van der Waals surface area contributed by atoms with Crippen LogP contribution in [0.4, 0.5) is 30.9 Å². The van der Waals surface area contributed by atoms with E-state index in [9.17, 15) is 13.6 Å². The highest BCUT2D eigenvalue weighted by Crippen LogP contribution is 2.27. The summed E-state index contributed by atoms with van der Waals surface area (Å²) in [4.78, 5) is 22.7. The quantitative estimate of drug-likeness (QED) is 0.660. The number of carbonyl (C=O) groups is 1.